The van der Waals surface area contributed by atoms with Crippen LogP contribution in [0.3, 0.4) is 0 Å². The van der Waals surface area contributed by atoms with Crippen molar-refractivity contribution >= 4 is 45.6 Å². The third kappa shape index (κ3) is 2.98. The van der Waals surface area contributed by atoms with E-state index in [2.05, 4.69) is 27.9 Å². The first-order chi connectivity index (χ1) is 8.99. The number of benzene rings is 2. The lowest BCUT2D eigenvalue weighted by atomic mass is 10.1. The molecule has 2 aromatic rings. The molecule has 5 N–H and O–H groups in total. The van der Waals surface area contributed by atoms with E-state index < -0.39 is 5.91 Å². The summed E-state index contributed by atoms with van der Waals surface area (Å²) in [6.07, 6.45) is 0. The molecule has 0 unspecified atom stereocenters. The molecule has 0 spiro atoms. The molecule has 0 aliphatic heterocycles. The van der Waals surface area contributed by atoms with Crippen molar-refractivity contribution < 1.29 is 4.79 Å². The van der Waals surface area contributed by atoms with Gasteiger partial charge in [0, 0.05) is 9.26 Å². The van der Waals surface area contributed by atoms with Gasteiger partial charge in [-0.25, -0.2) is 0 Å². The molecule has 0 aliphatic carbocycles. The molecular formula is C14H14IN3O. The van der Waals surface area contributed by atoms with E-state index in [9.17, 15) is 4.79 Å². The number of nitrogens with one attached hydrogen (secondary N) is 1. The predicted octanol–water partition coefficient (Wildman–Crippen LogP) is 3.02. The van der Waals surface area contributed by atoms with Crippen LogP contribution in [0.4, 0.5) is 17.1 Å². The summed E-state index contributed by atoms with van der Waals surface area (Å²) in [5.41, 5.74) is 14.7. The minimum Gasteiger partial charge on any atom is -0.397 e. The van der Waals surface area contributed by atoms with E-state index in [1.165, 1.54) is 0 Å². The Bertz CT molecular complexity index is 641. The van der Waals surface area contributed by atoms with Crippen LogP contribution in [0, 0.1) is 10.5 Å². The van der Waals surface area contributed by atoms with Gasteiger partial charge in [-0.1, -0.05) is 12.1 Å². The molecule has 0 heterocycles. The average molecular weight is 367 g/mol. The van der Waals surface area contributed by atoms with Gasteiger partial charge in [-0.3, -0.25) is 4.79 Å². The molecule has 98 valence electrons. The Morgan fingerprint density at radius 1 is 1.26 bits per heavy atom. The lowest BCUT2D eigenvalue weighted by Gasteiger charge is -2.15. The highest BCUT2D eigenvalue weighted by Crippen LogP contribution is 2.29. The number of carbonyl (C=O) groups is 1. The van der Waals surface area contributed by atoms with Crippen LogP contribution in [-0.2, 0) is 0 Å². The highest BCUT2D eigenvalue weighted by Gasteiger charge is 2.12. The Hall–Kier alpha value is -1.76. The van der Waals surface area contributed by atoms with Crippen molar-refractivity contribution in [3.63, 3.8) is 0 Å². The number of rotatable bonds is 3. The van der Waals surface area contributed by atoms with E-state index >= 15 is 0 Å². The number of hydrogen-bond donors (Lipinski definition) is 3. The van der Waals surface area contributed by atoms with Crippen molar-refractivity contribution in [3.05, 3.63) is 51.1 Å². The van der Waals surface area contributed by atoms with Gasteiger partial charge in [-0.05, 0) is 59.3 Å². The number of hydrogen-bond acceptors (Lipinski definition) is 3. The van der Waals surface area contributed by atoms with Gasteiger partial charge < -0.3 is 16.8 Å². The second kappa shape index (κ2) is 5.48. The zero-order valence-corrected chi connectivity index (χ0v) is 12.6. The minimum atomic E-state index is -0.502. The first kappa shape index (κ1) is 13.7. The van der Waals surface area contributed by atoms with Crippen LogP contribution in [-0.4, -0.2) is 5.91 Å². The van der Waals surface area contributed by atoms with E-state index in [1.807, 2.05) is 25.1 Å². The zero-order chi connectivity index (χ0) is 14.0. The number of anilines is 3. The van der Waals surface area contributed by atoms with Gasteiger partial charge in [0.15, 0.2) is 0 Å². The molecule has 4 nitrogen and oxygen atoms in total. The highest BCUT2D eigenvalue weighted by molar-refractivity contribution is 14.1. The summed E-state index contributed by atoms with van der Waals surface area (Å²) in [4.78, 5) is 11.4. The summed E-state index contributed by atoms with van der Waals surface area (Å²) in [5.74, 6) is -0.502. The van der Waals surface area contributed by atoms with Gasteiger partial charge >= 0.3 is 0 Å². The Kier molecular flexibility index (Phi) is 3.94. The number of para-hydroxylation sites is 1. The molecular weight excluding hydrogens is 353 g/mol. The summed E-state index contributed by atoms with van der Waals surface area (Å²) < 4.78 is 1.10. The Morgan fingerprint density at radius 2 is 2.00 bits per heavy atom. The molecule has 5 heteroatoms. The zero-order valence-electron chi connectivity index (χ0n) is 10.4. The lowest BCUT2D eigenvalue weighted by molar-refractivity contribution is 0.100. The molecule has 0 fully saturated rings. The van der Waals surface area contributed by atoms with Crippen molar-refractivity contribution in [2.24, 2.45) is 5.73 Å². The van der Waals surface area contributed by atoms with Gasteiger partial charge in [0.1, 0.15) is 0 Å². The van der Waals surface area contributed by atoms with Crippen molar-refractivity contribution in [2.75, 3.05) is 11.1 Å². The Balaban J connectivity index is 2.49. The maximum atomic E-state index is 11.4. The molecule has 0 saturated carbocycles. The van der Waals surface area contributed by atoms with Crippen LogP contribution < -0.4 is 16.8 Å². The van der Waals surface area contributed by atoms with E-state index in [4.69, 9.17) is 11.5 Å². The maximum absolute atomic E-state index is 11.4. The van der Waals surface area contributed by atoms with Crippen LogP contribution >= 0.6 is 22.6 Å². The lowest BCUT2D eigenvalue weighted by Crippen LogP contribution is -2.14. The number of carbonyl (C=O) groups excluding carboxylic acids is 1. The number of nitrogen functional groups attached to an aromatic ring is 1. The fraction of sp³-hybridized carbons (Fsp3) is 0.0714. The summed E-state index contributed by atoms with van der Waals surface area (Å²) in [7, 11) is 0. The standard InChI is InChI=1S/C14H14IN3O/c1-8-5-6-9(15)7-12(8)18-13-10(14(17)19)3-2-4-11(13)16/h2-7,18H,16H2,1H3,(H2,17,19). The van der Waals surface area contributed by atoms with Crippen LogP contribution in [0.15, 0.2) is 36.4 Å². The van der Waals surface area contributed by atoms with E-state index in [-0.39, 0.29) is 0 Å². The smallest absolute Gasteiger partial charge is 0.250 e. The summed E-state index contributed by atoms with van der Waals surface area (Å²) in [6, 6.07) is 11.1. The third-order valence-electron chi connectivity index (χ3n) is 2.82. The number of primary amides is 1. The normalized spacial score (nSPS) is 10.2. The van der Waals surface area contributed by atoms with Crippen molar-refractivity contribution in [1.29, 1.82) is 0 Å². The van der Waals surface area contributed by atoms with Crippen LogP contribution in [0.5, 0.6) is 0 Å². The van der Waals surface area contributed by atoms with Gasteiger partial charge in [-0.15, -0.1) is 0 Å². The van der Waals surface area contributed by atoms with Gasteiger partial charge in [-0.2, -0.15) is 0 Å². The van der Waals surface area contributed by atoms with Crippen molar-refractivity contribution in [1.82, 2.24) is 0 Å². The third-order valence-corrected chi connectivity index (χ3v) is 3.49. The van der Waals surface area contributed by atoms with Crippen LogP contribution in [0.2, 0.25) is 0 Å². The molecule has 1 amide bonds. The molecule has 0 atom stereocenters. The first-order valence-corrected chi connectivity index (χ1v) is 6.78. The topological polar surface area (TPSA) is 81.1 Å². The van der Waals surface area contributed by atoms with Crippen LogP contribution in [0.25, 0.3) is 0 Å². The predicted molar refractivity (Wildman–Crippen MR) is 86.6 cm³/mol. The highest BCUT2D eigenvalue weighted by atomic mass is 127. The molecule has 0 radical (unpaired) electrons. The second-order valence-electron chi connectivity index (χ2n) is 4.22. The van der Waals surface area contributed by atoms with Gasteiger partial charge in [0.05, 0.1) is 16.9 Å². The molecule has 19 heavy (non-hydrogen) atoms. The molecule has 0 bridgehead atoms. The first-order valence-electron chi connectivity index (χ1n) is 5.70. The number of halogens is 1. The van der Waals surface area contributed by atoms with Crippen molar-refractivity contribution in [2.45, 2.75) is 6.92 Å². The van der Waals surface area contributed by atoms with Crippen molar-refractivity contribution in [3.8, 4) is 0 Å². The second-order valence-corrected chi connectivity index (χ2v) is 5.46. The summed E-state index contributed by atoms with van der Waals surface area (Å²) in [6.45, 7) is 1.99. The van der Waals surface area contributed by atoms with E-state index in [0.717, 1.165) is 14.8 Å². The van der Waals surface area contributed by atoms with E-state index in [1.54, 1.807) is 18.2 Å². The SMILES string of the molecule is Cc1ccc(I)cc1Nc1c(N)cccc1C(N)=O. The van der Waals surface area contributed by atoms with Crippen LogP contribution in [0.1, 0.15) is 15.9 Å². The minimum absolute atomic E-state index is 0.387. The van der Waals surface area contributed by atoms with Gasteiger partial charge in [0.25, 0.3) is 5.91 Å². The molecule has 0 saturated heterocycles. The fourth-order valence-electron chi connectivity index (χ4n) is 1.78. The molecule has 0 aliphatic rings. The maximum Gasteiger partial charge on any atom is 0.250 e. The van der Waals surface area contributed by atoms with E-state index in [0.29, 0.717) is 16.9 Å². The summed E-state index contributed by atoms with van der Waals surface area (Å²) in [5, 5.41) is 3.20. The number of amides is 1. The Labute approximate surface area is 125 Å². The average Bonchev–Trinajstić information content (AvgIpc) is 2.35. The molecule has 2 rings (SSSR count). The largest absolute Gasteiger partial charge is 0.397 e. The number of aryl methyl sites for hydroxylation is 1. The van der Waals surface area contributed by atoms with Gasteiger partial charge in [0.2, 0.25) is 0 Å². The molecule has 0 aromatic heterocycles. The monoisotopic (exact) mass is 367 g/mol. The Morgan fingerprint density at radius 3 is 2.68 bits per heavy atom. The molecule has 2 aromatic carbocycles. The quantitative estimate of drug-likeness (QED) is 0.576. The summed E-state index contributed by atoms with van der Waals surface area (Å²) >= 11 is 2.23. The number of nitrogens with two attached hydrogens (primary N) is 2. The fourth-order valence-corrected chi connectivity index (χ4v) is 2.27.